The smallest absolute Gasteiger partial charge is 0.239 e. The van der Waals surface area contributed by atoms with Crippen LogP contribution in [-0.2, 0) is 11.3 Å². The van der Waals surface area contributed by atoms with Crippen LogP contribution in [0.25, 0.3) is 0 Å². The third kappa shape index (κ3) is 4.06. The van der Waals surface area contributed by atoms with Crippen LogP contribution >= 0.6 is 0 Å². The lowest BCUT2D eigenvalue weighted by Crippen LogP contribution is -2.33. The summed E-state index contributed by atoms with van der Waals surface area (Å²) < 4.78 is 1.96. The second-order valence-electron chi connectivity index (χ2n) is 5.65. The Kier molecular flexibility index (Phi) is 4.96. The molecule has 1 atom stereocenters. The number of carbonyl (C=O) groups excluding carboxylic acids is 1. The van der Waals surface area contributed by atoms with E-state index in [0.29, 0.717) is 18.5 Å². The van der Waals surface area contributed by atoms with Crippen LogP contribution < -0.4 is 10.6 Å². The zero-order valence-corrected chi connectivity index (χ0v) is 11.9. The number of nitrogens with one attached hydrogen (secondary N) is 2. The molecule has 0 saturated carbocycles. The second-order valence-corrected chi connectivity index (χ2v) is 5.65. The second kappa shape index (κ2) is 6.70. The van der Waals surface area contributed by atoms with Gasteiger partial charge in [0.2, 0.25) is 5.91 Å². The van der Waals surface area contributed by atoms with Crippen LogP contribution in [0.15, 0.2) is 12.5 Å². The zero-order chi connectivity index (χ0) is 13.7. The highest BCUT2D eigenvalue weighted by Crippen LogP contribution is 2.22. The van der Waals surface area contributed by atoms with E-state index in [2.05, 4.69) is 29.5 Å². The molecule has 0 aromatic carbocycles. The number of imidazole rings is 1. The molecular weight excluding hydrogens is 240 g/mol. The van der Waals surface area contributed by atoms with Crippen molar-refractivity contribution in [2.45, 2.75) is 45.7 Å². The topological polar surface area (TPSA) is 59.0 Å². The minimum atomic E-state index is 0.0590. The molecule has 2 rings (SSSR count). The molecule has 0 radical (unpaired) electrons. The van der Waals surface area contributed by atoms with Gasteiger partial charge in [-0.25, -0.2) is 4.98 Å². The van der Waals surface area contributed by atoms with Crippen LogP contribution in [0.1, 0.15) is 44.8 Å². The Morgan fingerprint density at radius 2 is 2.42 bits per heavy atom. The van der Waals surface area contributed by atoms with Gasteiger partial charge in [-0.05, 0) is 25.3 Å². The van der Waals surface area contributed by atoms with Crippen LogP contribution in [-0.4, -0.2) is 28.5 Å². The van der Waals surface area contributed by atoms with Crippen molar-refractivity contribution >= 4 is 5.91 Å². The monoisotopic (exact) mass is 264 g/mol. The number of rotatable bonds is 5. The Balaban J connectivity index is 1.93. The highest BCUT2D eigenvalue weighted by molar-refractivity contribution is 5.75. The van der Waals surface area contributed by atoms with Gasteiger partial charge in [0, 0.05) is 18.8 Å². The van der Waals surface area contributed by atoms with E-state index in [1.165, 1.54) is 12.8 Å². The van der Waals surface area contributed by atoms with Gasteiger partial charge < -0.3 is 15.2 Å². The lowest BCUT2D eigenvalue weighted by Gasteiger charge is -2.24. The van der Waals surface area contributed by atoms with Gasteiger partial charge in [-0.15, -0.1) is 0 Å². The molecule has 0 aliphatic carbocycles. The van der Waals surface area contributed by atoms with Gasteiger partial charge in [0.05, 0.1) is 12.0 Å². The van der Waals surface area contributed by atoms with E-state index in [-0.39, 0.29) is 5.91 Å². The summed E-state index contributed by atoms with van der Waals surface area (Å²) in [6.07, 6.45) is 7.22. The minimum Gasteiger partial charge on any atom is -0.354 e. The molecule has 5 heteroatoms. The van der Waals surface area contributed by atoms with Crippen molar-refractivity contribution in [2.75, 3.05) is 13.1 Å². The van der Waals surface area contributed by atoms with E-state index < -0.39 is 0 Å². The summed E-state index contributed by atoms with van der Waals surface area (Å²) in [5, 5.41) is 6.44. The minimum absolute atomic E-state index is 0.0590. The molecule has 2 N–H and O–H groups in total. The van der Waals surface area contributed by atoms with E-state index in [4.69, 9.17) is 0 Å². The lowest BCUT2D eigenvalue weighted by molar-refractivity contribution is -0.121. The Morgan fingerprint density at radius 3 is 3.11 bits per heavy atom. The van der Waals surface area contributed by atoms with Crippen LogP contribution in [0.5, 0.6) is 0 Å². The van der Waals surface area contributed by atoms with Gasteiger partial charge in [0.25, 0.3) is 0 Å². The van der Waals surface area contributed by atoms with Crippen molar-refractivity contribution < 1.29 is 4.79 Å². The Hall–Kier alpha value is -1.36. The van der Waals surface area contributed by atoms with Crippen molar-refractivity contribution in [2.24, 2.45) is 5.92 Å². The summed E-state index contributed by atoms with van der Waals surface area (Å²) in [5.74, 6) is 0.537. The molecule has 1 saturated heterocycles. The third-order valence-corrected chi connectivity index (χ3v) is 3.43. The summed E-state index contributed by atoms with van der Waals surface area (Å²) in [4.78, 5) is 16.1. The molecule has 106 valence electrons. The summed E-state index contributed by atoms with van der Waals surface area (Å²) in [6, 6.07) is 0.342. The standard InChI is InChI=1S/C14H24N4O/c1-11(2)7-17-14(19)9-18-10-15-8-13(18)12-5-3-4-6-16-12/h8,10-12,16H,3-7,9H2,1-2H3,(H,17,19). The van der Waals surface area contributed by atoms with E-state index in [1.807, 2.05) is 10.8 Å². The Labute approximate surface area is 114 Å². The quantitative estimate of drug-likeness (QED) is 0.846. The zero-order valence-electron chi connectivity index (χ0n) is 11.9. The largest absolute Gasteiger partial charge is 0.354 e. The van der Waals surface area contributed by atoms with Crippen molar-refractivity contribution in [3.8, 4) is 0 Å². The maximum Gasteiger partial charge on any atom is 0.239 e. The van der Waals surface area contributed by atoms with Gasteiger partial charge in [-0.1, -0.05) is 20.3 Å². The van der Waals surface area contributed by atoms with Crippen LogP contribution in [0.4, 0.5) is 0 Å². The molecule has 1 aromatic heterocycles. The van der Waals surface area contributed by atoms with Gasteiger partial charge in [-0.3, -0.25) is 4.79 Å². The predicted molar refractivity (Wildman–Crippen MR) is 74.7 cm³/mol. The molecule has 1 unspecified atom stereocenters. The predicted octanol–water partition coefficient (Wildman–Crippen LogP) is 1.47. The summed E-state index contributed by atoms with van der Waals surface area (Å²) in [7, 11) is 0. The highest BCUT2D eigenvalue weighted by atomic mass is 16.1. The highest BCUT2D eigenvalue weighted by Gasteiger charge is 2.19. The SMILES string of the molecule is CC(C)CNC(=O)Cn1cncc1C1CCCCN1. The molecule has 0 spiro atoms. The molecule has 1 aromatic rings. The van der Waals surface area contributed by atoms with Crippen molar-refractivity contribution in [1.82, 2.24) is 20.2 Å². The fraction of sp³-hybridized carbons (Fsp3) is 0.714. The van der Waals surface area contributed by atoms with Crippen molar-refractivity contribution in [1.29, 1.82) is 0 Å². The van der Waals surface area contributed by atoms with Gasteiger partial charge >= 0.3 is 0 Å². The molecule has 1 fully saturated rings. The number of carbonyl (C=O) groups is 1. The van der Waals surface area contributed by atoms with Gasteiger partial charge in [0.15, 0.2) is 0 Å². The normalized spacial score (nSPS) is 19.6. The fourth-order valence-electron chi connectivity index (χ4n) is 2.39. The maximum absolute atomic E-state index is 11.9. The number of hydrogen-bond donors (Lipinski definition) is 2. The fourth-order valence-corrected chi connectivity index (χ4v) is 2.39. The third-order valence-electron chi connectivity index (χ3n) is 3.43. The summed E-state index contributed by atoms with van der Waals surface area (Å²) >= 11 is 0. The maximum atomic E-state index is 11.9. The average molecular weight is 264 g/mol. The first-order chi connectivity index (χ1) is 9.16. The number of aromatic nitrogens is 2. The first kappa shape index (κ1) is 14.1. The lowest BCUT2D eigenvalue weighted by atomic mass is 10.0. The molecule has 0 bridgehead atoms. The Morgan fingerprint density at radius 1 is 1.58 bits per heavy atom. The molecular formula is C14H24N4O. The average Bonchev–Trinajstić information content (AvgIpc) is 2.85. The molecule has 19 heavy (non-hydrogen) atoms. The van der Waals surface area contributed by atoms with Crippen LogP contribution in [0.2, 0.25) is 0 Å². The van der Waals surface area contributed by atoms with E-state index in [0.717, 1.165) is 25.2 Å². The van der Waals surface area contributed by atoms with Crippen LogP contribution in [0, 0.1) is 5.92 Å². The van der Waals surface area contributed by atoms with Crippen molar-refractivity contribution in [3.05, 3.63) is 18.2 Å². The molecule has 5 nitrogen and oxygen atoms in total. The Bertz CT molecular complexity index is 407. The summed E-state index contributed by atoms with van der Waals surface area (Å²) in [6.45, 7) is 6.32. The van der Waals surface area contributed by atoms with E-state index in [1.54, 1.807) is 6.33 Å². The van der Waals surface area contributed by atoms with Gasteiger partial charge in [-0.2, -0.15) is 0 Å². The molecule has 1 aliphatic heterocycles. The number of piperidine rings is 1. The van der Waals surface area contributed by atoms with Crippen molar-refractivity contribution in [3.63, 3.8) is 0 Å². The number of nitrogens with zero attached hydrogens (tertiary/aromatic N) is 2. The van der Waals surface area contributed by atoms with E-state index >= 15 is 0 Å². The van der Waals surface area contributed by atoms with Gasteiger partial charge in [0.1, 0.15) is 6.54 Å². The summed E-state index contributed by atoms with van der Waals surface area (Å²) in [5.41, 5.74) is 1.12. The van der Waals surface area contributed by atoms with E-state index in [9.17, 15) is 4.79 Å². The molecule has 2 heterocycles. The van der Waals surface area contributed by atoms with Crippen LogP contribution in [0.3, 0.4) is 0 Å². The first-order valence-electron chi connectivity index (χ1n) is 7.17. The first-order valence-corrected chi connectivity index (χ1v) is 7.17. The number of hydrogen-bond acceptors (Lipinski definition) is 3. The molecule has 1 amide bonds. The number of amides is 1. The molecule has 1 aliphatic rings.